The van der Waals surface area contributed by atoms with E-state index in [9.17, 15) is 4.79 Å². The zero-order valence-corrected chi connectivity index (χ0v) is 13.5. The fraction of sp³-hybridized carbons (Fsp3) is 0.235. The lowest BCUT2D eigenvalue weighted by atomic mass is 10.00. The van der Waals surface area contributed by atoms with E-state index in [1.165, 1.54) is 0 Å². The molecular formula is C17H18BrNO. The van der Waals surface area contributed by atoms with E-state index in [2.05, 4.69) is 21.2 Å². The van der Waals surface area contributed by atoms with Gasteiger partial charge in [0, 0.05) is 10.2 Å². The number of carbonyl (C=O) groups excluding carboxylic acids is 1. The molecule has 0 saturated heterocycles. The average molecular weight is 332 g/mol. The van der Waals surface area contributed by atoms with Gasteiger partial charge in [0.25, 0.3) is 0 Å². The Morgan fingerprint density at radius 2 is 1.65 bits per heavy atom. The fourth-order valence-corrected chi connectivity index (χ4v) is 2.92. The van der Waals surface area contributed by atoms with Crippen LogP contribution in [0, 0.1) is 13.8 Å². The summed E-state index contributed by atoms with van der Waals surface area (Å²) in [4.78, 5) is 12.4. The van der Waals surface area contributed by atoms with Crippen molar-refractivity contribution in [2.75, 3.05) is 5.32 Å². The van der Waals surface area contributed by atoms with E-state index in [-0.39, 0.29) is 11.8 Å². The van der Waals surface area contributed by atoms with E-state index < -0.39 is 0 Å². The van der Waals surface area contributed by atoms with Crippen LogP contribution in [0.5, 0.6) is 0 Å². The third-order valence-corrected chi connectivity index (χ3v) is 3.90. The zero-order valence-electron chi connectivity index (χ0n) is 11.9. The van der Waals surface area contributed by atoms with Gasteiger partial charge in [-0.15, -0.1) is 0 Å². The highest BCUT2D eigenvalue weighted by Crippen LogP contribution is 2.26. The summed E-state index contributed by atoms with van der Waals surface area (Å²) in [5.74, 6) is -0.150. The number of amides is 1. The summed E-state index contributed by atoms with van der Waals surface area (Å²) >= 11 is 3.47. The average Bonchev–Trinajstić information content (AvgIpc) is 2.42. The van der Waals surface area contributed by atoms with Crippen molar-refractivity contribution in [3.63, 3.8) is 0 Å². The van der Waals surface area contributed by atoms with Gasteiger partial charge in [-0.2, -0.15) is 0 Å². The molecule has 1 amide bonds. The molecule has 2 nitrogen and oxygen atoms in total. The number of benzene rings is 2. The van der Waals surface area contributed by atoms with Gasteiger partial charge in [-0.3, -0.25) is 4.79 Å². The Morgan fingerprint density at radius 1 is 1.10 bits per heavy atom. The molecule has 0 bridgehead atoms. The molecule has 1 N–H and O–H groups in total. The molecule has 1 atom stereocenters. The highest BCUT2D eigenvalue weighted by molar-refractivity contribution is 9.10. The van der Waals surface area contributed by atoms with Crippen molar-refractivity contribution in [1.29, 1.82) is 0 Å². The van der Waals surface area contributed by atoms with Crippen LogP contribution in [0.3, 0.4) is 0 Å². The smallest absolute Gasteiger partial charge is 0.231 e. The molecule has 1 unspecified atom stereocenters. The number of hydrogen-bond donors (Lipinski definition) is 1. The molecule has 0 aromatic heterocycles. The van der Waals surface area contributed by atoms with Crippen molar-refractivity contribution in [2.24, 2.45) is 0 Å². The Labute approximate surface area is 128 Å². The summed E-state index contributed by atoms with van der Waals surface area (Å²) < 4.78 is 1.03. The second-order valence-electron chi connectivity index (χ2n) is 5.04. The maximum absolute atomic E-state index is 12.4. The van der Waals surface area contributed by atoms with Gasteiger partial charge < -0.3 is 5.32 Å². The Morgan fingerprint density at radius 3 is 2.20 bits per heavy atom. The van der Waals surface area contributed by atoms with Gasteiger partial charge in [0.1, 0.15) is 0 Å². The largest absolute Gasteiger partial charge is 0.325 e. The van der Waals surface area contributed by atoms with Gasteiger partial charge in [0.15, 0.2) is 0 Å². The lowest BCUT2D eigenvalue weighted by Crippen LogP contribution is -2.20. The molecule has 0 aliphatic rings. The van der Waals surface area contributed by atoms with Crippen molar-refractivity contribution >= 4 is 27.5 Å². The Kier molecular flexibility index (Phi) is 4.61. The van der Waals surface area contributed by atoms with E-state index >= 15 is 0 Å². The van der Waals surface area contributed by atoms with E-state index in [1.807, 2.05) is 63.2 Å². The minimum atomic E-state index is -0.168. The lowest BCUT2D eigenvalue weighted by Gasteiger charge is -2.16. The topological polar surface area (TPSA) is 29.1 Å². The summed E-state index contributed by atoms with van der Waals surface area (Å²) in [6.45, 7) is 5.93. The Bertz CT molecular complexity index is 599. The summed E-state index contributed by atoms with van der Waals surface area (Å²) in [7, 11) is 0. The maximum atomic E-state index is 12.4. The molecule has 2 aromatic carbocycles. The predicted molar refractivity (Wildman–Crippen MR) is 87.1 cm³/mol. The molecular weight excluding hydrogens is 314 g/mol. The molecule has 0 aliphatic heterocycles. The molecule has 104 valence electrons. The molecule has 0 aliphatic carbocycles. The quantitative estimate of drug-likeness (QED) is 0.859. The van der Waals surface area contributed by atoms with Crippen LogP contribution < -0.4 is 5.32 Å². The van der Waals surface area contributed by atoms with Crippen molar-refractivity contribution < 1.29 is 4.79 Å². The predicted octanol–water partition coefficient (Wildman–Crippen LogP) is 4.81. The Balaban J connectivity index is 2.20. The van der Waals surface area contributed by atoms with Gasteiger partial charge in [0.2, 0.25) is 5.91 Å². The summed E-state index contributed by atoms with van der Waals surface area (Å²) in [5, 5.41) is 3.04. The van der Waals surface area contributed by atoms with Crippen molar-refractivity contribution in [1.82, 2.24) is 0 Å². The number of nitrogens with one attached hydrogen (secondary N) is 1. The minimum Gasteiger partial charge on any atom is -0.325 e. The van der Waals surface area contributed by atoms with Crippen LogP contribution in [0.25, 0.3) is 0 Å². The van der Waals surface area contributed by atoms with Crippen LogP contribution in [-0.4, -0.2) is 5.91 Å². The highest BCUT2D eigenvalue weighted by Gasteiger charge is 2.16. The van der Waals surface area contributed by atoms with Gasteiger partial charge in [-0.25, -0.2) is 0 Å². The molecule has 0 fully saturated rings. The van der Waals surface area contributed by atoms with Crippen molar-refractivity contribution in [3.8, 4) is 0 Å². The van der Waals surface area contributed by atoms with Gasteiger partial charge in [-0.05, 0) is 49.6 Å². The normalized spacial score (nSPS) is 12.0. The van der Waals surface area contributed by atoms with Crippen molar-refractivity contribution in [2.45, 2.75) is 26.7 Å². The maximum Gasteiger partial charge on any atom is 0.231 e. The number of hydrogen-bond acceptors (Lipinski definition) is 1. The summed E-state index contributed by atoms with van der Waals surface area (Å²) in [5.41, 5.74) is 4.05. The summed E-state index contributed by atoms with van der Waals surface area (Å²) in [6.07, 6.45) is 0. The first-order chi connectivity index (χ1) is 9.49. The summed E-state index contributed by atoms with van der Waals surface area (Å²) in [6, 6.07) is 13.8. The number of halogens is 1. The molecule has 2 rings (SSSR count). The lowest BCUT2D eigenvalue weighted by molar-refractivity contribution is -0.117. The van der Waals surface area contributed by atoms with Crippen LogP contribution in [0.1, 0.15) is 29.5 Å². The van der Waals surface area contributed by atoms with Crippen LogP contribution >= 0.6 is 15.9 Å². The molecule has 3 heteroatoms. The third kappa shape index (κ3) is 3.28. The number of carbonyl (C=O) groups is 1. The van der Waals surface area contributed by atoms with Gasteiger partial charge in [-0.1, -0.05) is 46.3 Å². The first kappa shape index (κ1) is 14.8. The van der Waals surface area contributed by atoms with Gasteiger partial charge in [0.05, 0.1) is 5.92 Å². The Hall–Kier alpha value is -1.61. The molecule has 20 heavy (non-hydrogen) atoms. The van der Waals surface area contributed by atoms with E-state index in [1.54, 1.807) is 0 Å². The number of rotatable bonds is 3. The van der Waals surface area contributed by atoms with Crippen LogP contribution in [0.2, 0.25) is 0 Å². The zero-order chi connectivity index (χ0) is 14.7. The van der Waals surface area contributed by atoms with Gasteiger partial charge >= 0.3 is 0 Å². The van der Waals surface area contributed by atoms with E-state index in [0.29, 0.717) is 0 Å². The molecule has 0 spiro atoms. The van der Waals surface area contributed by atoms with Crippen LogP contribution in [0.15, 0.2) is 46.9 Å². The number of aryl methyl sites for hydroxylation is 2. The van der Waals surface area contributed by atoms with E-state index in [0.717, 1.165) is 26.9 Å². The fourth-order valence-electron chi connectivity index (χ4n) is 2.23. The molecule has 0 saturated carbocycles. The first-order valence-electron chi connectivity index (χ1n) is 6.61. The number of anilines is 1. The highest BCUT2D eigenvalue weighted by atomic mass is 79.9. The van der Waals surface area contributed by atoms with E-state index in [4.69, 9.17) is 0 Å². The standard InChI is InChI=1S/C17H18BrNO/c1-11-9-15(18)10-12(2)16(11)19-17(20)13(3)14-7-5-4-6-8-14/h4-10,13H,1-3H3,(H,19,20). The molecule has 0 heterocycles. The molecule has 2 aromatic rings. The second-order valence-corrected chi connectivity index (χ2v) is 5.95. The van der Waals surface area contributed by atoms with Crippen molar-refractivity contribution in [3.05, 3.63) is 63.6 Å². The third-order valence-electron chi connectivity index (χ3n) is 3.44. The van der Waals surface area contributed by atoms with Crippen LogP contribution in [-0.2, 0) is 4.79 Å². The first-order valence-corrected chi connectivity index (χ1v) is 7.41. The SMILES string of the molecule is Cc1cc(Br)cc(C)c1NC(=O)C(C)c1ccccc1. The van der Waals surface area contributed by atoms with Crippen LogP contribution in [0.4, 0.5) is 5.69 Å². The second kappa shape index (κ2) is 6.23. The minimum absolute atomic E-state index is 0.0183. The monoisotopic (exact) mass is 331 g/mol. The molecule has 0 radical (unpaired) electrons.